The van der Waals surface area contributed by atoms with Gasteiger partial charge in [0.05, 0.1) is 5.54 Å². The molecule has 1 atom stereocenters. The highest BCUT2D eigenvalue weighted by molar-refractivity contribution is 7.13. The number of hydrogen-bond acceptors (Lipinski definition) is 3. The zero-order chi connectivity index (χ0) is 15.0. The van der Waals surface area contributed by atoms with Crippen LogP contribution < -0.4 is 5.32 Å². The van der Waals surface area contributed by atoms with Crippen LogP contribution in [-0.4, -0.2) is 24.7 Å². The molecule has 1 aliphatic rings. The summed E-state index contributed by atoms with van der Waals surface area (Å²) < 4.78 is 0. The fourth-order valence-electron chi connectivity index (χ4n) is 2.42. The van der Waals surface area contributed by atoms with Crippen LogP contribution in [0.5, 0.6) is 0 Å². The Morgan fingerprint density at radius 2 is 2.19 bits per heavy atom. The smallest absolute Gasteiger partial charge is 0.216 e. The van der Waals surface area contributed by atoms with E-state index in [1.165, 1.54) is 21.1 Å². The van der Waals surface area contributed by atoms with Crippen molar-refractivity contribution in [2.45, 2.75) is 19.4 Å². The molecule has 1 aromatic heterocycles. The van der Waals surface area contributed by atoms with Crippen LogP contribution >= 0.6 is 11.3 Å². The van der Waals surface area contributed by atoms with Crippen molar-refractivity contribution in [1.82, 2.24) is 10.4 Å². The average molecular weight is 301 g/mol. The van der Waals surface area contributed by atoms with E-state index < -0.39 is 0 Å². The molecule has 0 aliphatic carbocycles. The van der Waals surface area contributed by atoms with Gasteiger partial charge >= 0.3 is 0 Å². The SMILES string of the molecule is Cc1csc(-c2cccc(C3(C)CON(C)C(=N)N3)c2)c1. The number of hydroxylamine groups is 2. The second-order valence-electron chi connectivity index (χ2n) is 5.65. The van der Waals surface area contributed by atoms with Gasteiger partial charge in [0.15, 0.2) is 0 Å². The van der Waals surface area contributed by atoms with Gasteiger partial charge in [-0.05, 0) is 48.1 Å². The van der Waals surface area contributed by atoms with Crippen molar-refractivity contribution < 1.29 is 4.84 Å². The van der Waals surface area contributed by atoms with E-state index >= 15 is 0 Å². The molecule has 2 N–H and O–H groups in total. The first-order chi connectivity index (χ1) is 9.98. The number of aryl methyl sites for hydroxylation is 1. The van der Waals surface area contributed by atoms with Gasteiger partial charge in [0.25, 0.3) is 0 Å². The standard InChI is InChI=1S/C16H19N3OS/c1-11-7-14(21-9-11)12-5-4-6-13(8-12)16(2)10-20-19(3)15(17)18-16/h4-9H,10H2,1-3H3,(H2,17,18). The van der Waals surface area contributed by atoms with Gasteiger partial charge in [-0.1, -0.05) is 18.2 Å². The molecule has 1 fully saturated rings. The van der Waals surface area contributed by atoms with Gasteiger partial charge in [-0.2, -0.15) is 0 Å². The maximum Gasteiger partial charge on any atom is 0.216 e. The van der Waals surface area contributed by atoms with E-state index in [0.717, 1.165) is 5.56 Å². The van der Waals surface area contributed by atoms with Crippen molar-refractivity contribution in [3.8, 4) is 10.4 Å². The highest BCUT2D eigenvalue weighted by atomic mass is 32.1. The summed E-state index contributed by atoms with van der Waals surface area (Å²) in [6, 6.07) is 10.7. The molecule has 5 heteroatoms. The maximum absolute atomic E-state index is 7.91. The molecule has 0 saturated carbocycles. The molecule has 4 nitrogen and oxygen atoms in total. The maximum atomic E-state index is 7.91. The topological polar surface area (TPSA) is 48.4 Å². The first kappa shape index (κ1) is 14.1. The van der Waals surface area contributed by atoms with Crippen LogP contribution in [0.4, 0.5) is 0 Å². The predicted octanol–water partition coefficient (Wildman–Crippen LogP) is 3.34. The Morgan fingerprint density at radius 1 is 1.38 bits per heavy atom. The third-order valence-electron chi connectivity index (χ3n) is 3.77. The summed E-state index contributed by atoms with van der Waals surface area (Å²) in [7, 11) is 1.74. The average Bonchev–Trinajstić information content (AvgIpc) is 2.90. The largest absolute Gasteiger partial charge is 0.343 e. The Hall–Kier alpha value is -1.85. The van der Waals surface area contributed by atoms with E-state index in [2.05, 4.69) is 54.9 Å². The van der Waals surface area contributed by atoms with E-state index in [9.17, 15) is 0 Å². The molecule has 0 amide bonds. The minimum absolute atomic E-state index is 0.279. The summed E-state index contributed by atoms with van der Waals surface area (Å²) in [5, 5.41) is 14.8. The lowest BCUT2D eigenvalue weighted by atomic mass is 9.91. The molecule has 1 unspecified atom stereocenters. The fraction of sp³-hybridized carbons (Fsp3) is 0.312. The Balaban J connectivity index is 1.94. The van der Waals surface area contributed by atoms with Crippen molar-refractivity contribution in [2.24, 2.45) is 0 Å². The van der Waals surface area contributed by atoms with E-state index in [-0.39, 0.29) is 11.5 Å². The number of rotatable bonds is 2. The van der Waals surface area contributed by atoms with Crippen molar-refractivity contribution in [1.29, 1.82) is 5.41 Å². The van der Waals surface area contributed by atoms with Crippen LogP contribution in [0.1, 0.15) is 18.1 Å². The Kier molecular flexibility index (Phi) is 3.47. The molecule has 2 aromatic rings. The van der Waals surface area contributed by atoms with E-state index in [4.69, 9.17) is 10.2 Å². The van der Waals surface area contributed by atoms with Gasteiger partial charge in [-0.3, -0.25) is 10.2 Å². The van der Waals surface area contributed by atoms with Crippen LogP contribution in [0.2, 0.25) is 0 Å². The Bertz CT molecular complexity index is 682. The number of guanidine groups is 1. The van der Waals surface area contributed by atoms with E-state index in [0.29, 0.717) is 6.61 Å². The van der Waals surface area contributed by atoms with E-state index in [1.54, 1.807) is 18.4 Å². The summed E-state index contributed by atoms with van der Waals surface area (Å²) in [4.78, 5) is 6.82. The second kappa shape index (κ2) is 5.16. The molecule has 110 valence electrons. The first-order valence-corrected chi connectivity index (χ1v) is 7.75. The number of hydrogen-bond donors (Lipinski definition) is 2. The number of thiophene rings is 1. The lowest BCUT2D eigenvalue weighted by molar-refractivity contribution is -0.126. The van der Waals surface area contributed by atoms with Crippen LogP contribution in [0.15, 0.2) is 35.7 Å². The van der Waals surface area contributed by atoms with Crippen molar-refractivity contribution in [3.05, 3.63) is 46.8 Å². The second-order valence-corrected chi connectivity index (χ2v) is 6.56. The molecule has 0 bridgehead atoms. The van der Waals surface area contributed by atoms with Crippen LogP contribution in [-0.2, 0) is 10.4 Å². The van der Waals surface area contributed by atoms with Crippen molar-refractivity contribution in [3.63, 3.8) is 0 Å². The Labute approximate surface area is 128 Å². The highest BCUT2D eigenvalue weighted by Crippen LogP contribution is 2.31. The molecule has 1 aromatic carbocycles. The molecule has 21 heavy (non-hydrogen) atoms. The van der Waals surface area contributed by atoms with Crippen LogP contribution in [0.25, 0.3) is 10.4 Å². The molecular weight excluding hydrogens is 282 g/mol. The van der Waals surface area contributed by atoms with Gasteiger partial charge in [-0.15, -0.1) is 11.3 Å². The lowest BCUT2D eigenvalue weighted by Crippen LogP contribution is -2.57. The third kappa shape index (κ3) is 2.66. The first-order valence-electron chi connectivity index (χ1n) is 6.87. The van der Waals surface area contributed by atoms with Crippen molar-refractivity contribution in [2.75, 3.05) is 13.7 Å². The lowest BCUT2D eigenvalue weighted by Gasteiger charge is -2.40. The summed E-state index contributed by atoms with van der Waals surface area (Å²) in [5.41, 5.74) is 3.24. The minimum atomic E-state index is -0.383. The van der Waals surface area contributed by atoms with Gasteiger partial charge in [0.2, 0.25) is 5.96 Å². The number of nitrogens with one attached hydrogen (secondary N) is 2. The molecule has 0 radical (unpaired) electrons. The van der Waals surface area contributed by atoms with Gasteiger partial charge in [0.1, 0.15) is 6.61 Å². The zero-order valence-electron chi connectivity index (χ0n) is 12.4. The summed E-state index contributed by atoms with van der Waals surface area (Å²) in [6.45, 7) is 4.67. The number of benzene rings is 1. The van der Waals surface area contributed by atoms with Gasteiger partial charge < -0.3 is 5.32 Å². The monoisotopic (exact) mass is 301 g/mol. The summed E-state index contributed by atoms with van der Waals surface area (Å²) in [6.07, 6.45) is 0. The highest BCUT2D eigenvalue weighted by Gasteiger charge is 2.34. The normalized spacial score (nSPS) is 22.2. The zero-order valence-corrected chi connectivity index (χ0v) is 13.3. The summed E-state index contributed by atoms with van der Waals surface area (Å²) in [5.74, 6) is 0.279. The van der Waals surface area contributed by atoms with Crippen LogP contribution in [0, 0.1) is 12.3 Å². The molecule has 0 spiro atoms. The molecule has 2 heterocycles. The third-order valence-corrected chi connectivity index (χ3v) is 4.87. The predicted molar refractivity (Wildman–Crippen MR) is 86.4 cm³/mol. The van der Waals surface area contributed by atoms with Crippen LogP contribution in [0.3, 0.4) is 0 Å². The van der Waals surface area contributed by atoms with Gasteiger partial charge in [-0.25, -0.2) is 5.06 Å². The molecule has 3 rings (SSSR count). The number of nitrogens with zero attached hydrogens (tertiary/aromatic N) is 1. The molecule has 1 aliphatic heterocycles. The van der Waals surface area contributed by atoms with E-state index in [1.807, 2.05) is 0 Å². The van der Waals surface area contributed by atoms with Gasteiger partial charge in [0, 0.05) is 11.9 Å². The summed E-state index contributed by atoms with van der Waals surface area (Å²) >= 11 is 1.76. The minimum Gasteiger partial charge on any atom is -0.343 e. The quantitative estimate of drug-likeness (QED) is 0.894. The molecular formula is C16H19N3OS. The molecule has 1 saturated heterocycles. The Morgan fingerprint density at radius 3 is 2.86 bits per heavy atom. The van der Waals surface area contributed by atoms with Crippen molar-refractivity contribution >= 4 is 17.3 Å². The fourth-order valence-corrected chi connectivity index (χ4v) is 3.32.